The van der Waals surface area contributed by atoms with E-state index in [2.05, 4.69) is 10.3 Å². The highest BCUT2D eigenvalue weighted by Crippen LogP contribution is 2.37. The van der Waals surface area contributed by atoms with Crippen molar-refractivity contribution in [2.24, 2.45) is 0 Å². The van der Waals surface area contributed by atoms with E-state index in [9.17, 15) is 9.59 Å². The Morgan fingerprint density at radius 1 is 1.27 bits per heavy atom. The monoisotopic (exact) mass is 376 g/mol. The number of nitrogens with one attached hydrogen (secondary N) is 1. The number of pyridine rings is 1. The fourth-order valence-electron chi connectivity index (χ4n) is 2.57. The summed E-state index contributed by atoms with van der Waals surface area (Å²) in [5, 5.41) is 12.2. The molecule has 2 heterocycles. The normalized spacial score (nSPS) is 13.0. The molecule has 8 heteroatoms. The molecular formula is C18H17ClN2O5. The van der Waals surface area contributed by atoms with Crippen LogP contribution in [0.3, 0.4) is 0 Å². The maximum absolute atomic E-state index is 12.3. The molecule has 2 N–H and O–H groups in total. The maximum atomic E-state index is 12.3. The summed E-state index contributed by atoms with van der Waals surface area (Å²) in [6.45, 7) is 2.85. The van der Waals surface area contributed by atoms with Gasteiger partial charge in [0.15, 0.2) is 11.5 Å². The van der Waals surface area contributed by atoms with Crippen LogP contribution in [0.4, 0.5) is 0 Å². The Bertz CT molecular complexity index is 869. The largest absolute Gasteiger partial charge is 0.489 e. The number of rotatable bonds is 4. The van der Waals surface area contributed by atoms with Crippen LogP contribution in [-0.4, -0.2) is 35.2 Å². The summed E-state index contributed by atoms with van der Waals surface area (Å²) in [4.78, 5) is 27.3. The number of amides is 1. The number of aromatic carboxylic acids is 1. The van der Waals surface area contributed by atoms with Gasteiger partial charge in [0.25, 0.3) is 5.91 Å². The van der Waals surface area contributed by atoms with Crippen molar-refractivity contribution in [1.82, 2.24) is 10.3 Å². The van der Waals surface area contributed by atoms with Gasteiger partial charge in [-0.2, -0.15) is 0 Å². The predicted molar refractivity (Wildman–Crippen MR) is 94.2 cm³/mol. The Morgan fingerprint density at radius 3 is 2.77 bits per heavy atom. The lowest BCUT2D eigenvalue weighted by Gasteiger charge is -2.12. The van der Waals surface area contributed by atoms with Gasteiger partial charge in [0.05, 0.1) is 29.5 Å². The van der Waals surface area contributed by atoms with Gasteiger partial charge in [0.2, 0.25) is 0 Å². The quantitative estimate of drug-likeness (QED) is 0.851. The SMILES string of the molecule is Cc1nc(C(=O)NCc2cc(Cl)c3c(c2)OCCCO3)ccc1C(=O)O. The lowest BCUT2D eigenvalue weighted by Crippen LogP contribution is -2.24. The van der Waals surface area contributed by atoms with E-state index in [-0.39, 0.29) is 23.5 Å². The second-order valence-corrected chi connectivity index (χ2v) is 6.18. The Morgan fingerprint density at radius 2 is 2.04 bits per heavy atom. The third kappa shape index (κ3) is 3.88. The predicted octanol–water partition coefficient (Wildman–Crippen LogP) is 2.83. The standard InChI is InChI=1S/C18H17ClN2O5/c1-10-12(18(23)24)3-4-14(21-10)17(22)20-9-11-7-13(19)16-15(8-11)25-5-2-6-26-16/h3-4,7-8H,2,5-6,9H2,1H3,(H,20,22)(H,23,24). The summed E-state index contributed by atoms with van der Waals surface area (Å²) in [5.74, 6) is -0.420. The highest BCUT2D eigenvalue weighted by atomic mass is 35.5. The lowest BCUT2D eigenvalue weighted by molar-refractivity contribution is 0.0694. The molecule has 1 amide bonds. The van der Waals surface area contributed by atoms with Crippen LogP contribution in [-0.2, 0) is 6.54 Å². The molecule has 0 unspecified atom stereocenters. The molecule has 0 aliphatic carbocycles. The zero-order chi connectivity index (χ0) is 18.7. The molecule has 1 aliphatic rings. The number of aryl methyl sites for hydroxylation is 1. The first-order chi connectivity index (χ1) is 12.5. The number of hydrogen-bond acceptors (Lipinski definition) is 5. The van der Waals surface area contributed by atoms with Gasteiger partial charge in [-0.25, -0.2) is 9.78 Å². The molecule has 1 aromatic heterocycles. The fourth-order valence-corrected chi connectivity index (χ4v) is 2.86. The van der Waals surface area contributed by atoms with Crippen molar-refractivity contribution in [2.45, 2.75) is 19.9 Å². The van der Waals surface area contributed by atoms with E-state index in [0.29, 0.717) is 29.7 Å². The van der Waals surface area contributed by atoms with Crippen LogP contribution >= 0.6 is 11.6 Å². The zero-order valence-electron chi connectivity index (χ0n) is 14.0. The second-order valence-electron chi connectivity index (χ2n) is 5.77. The summed E-state index contributed by atoms with van der Waals surface area (Å²) >= 11 is 6.23. The van der Waals surface area contributed by atoms with Gasteiger partial charge in [-0.05, 0) is 36.8 Å². The summed E-state index contributed by atoms with van der Waals surface area (Å²) in [7, 11) is 0. The summed E-state index contributed by atoms with van der Waals surface area (Å²) < 4.78 is 11.2. The molecule has 0 saturated carbocycles. The van der Waals surface area contributed by atoms with Crippen molar-refractivity contribution in [1.29, 1.82) is 0 Å². The number of carboxylic acid groups (broad SMARTS) is 1. The Balaban J connectivity index is 1.72. The second kappa shape index (κ2) is 7.61. The number of fused-ring (bicyclic) bond motifs is 1. The van der Waals surface area contributed by atoms with Gasteiger partial charge >= 0.3 is 5.97 Å². The van der Waals surface area contributed by atoms with Gasteiger partial charge in [-0.1, -0.05) is 11.6 Å². The topological polar surface area (TPSA) is 97.8 Å². The Kier molecular flexibility index (Phi) is 5.27. The summed E-state index contributed by atoms with van der Waals surface area (Å²) in [5.41, 5.74) is 1.25. The number of nitrogens with zero attached hydrogens (tertiary/aromatic N) is 1. The van der Waals surface area contributed by atoms with Gasteiger partial charge < -0.3 is 19.9 Å². The molecule has 1 aliphatic heterocycles. The van der Waals surface area contributed by atoms with Crippen LogP contribution in [0.5, 0.6) is 11.5 Å². The van der Waals surface area contributed by atoms with Gasteiger partial charge in [-0.3, -0.25) is 4.79 Å². The highest BCUT2D eigenvalue weighted by Gasteiger charge is 2.17. The van der Waals surface area contributed by atoms with Crippen LogP contribution in [0.1, 0.15) is 38.5 Å². The molecule has 0 saturated heterocycles. The molecule has 7 nitrogen and oxygen atoms in total. The maximum Gasteiger partial charge on any atom is 0.337 e. The highest BCUT2D eigenvalue weighted by molar-refractivity contribution is 6.32. The van der Waals surface area contributed by atoms with Crippen molar-refractivity contribution in [2.75, 3.05) is 13.2 Å². The first kappa shape index (κ1) is 18.0. The van der Waals surface area contributed by atoms with E-state index in [0.717, 1.165) is 12.0 Å². The number of carbonyl (C=O) groups is 2. The van der Waals surface area contributed by atoms with Crippen LogP contribution < -0.4 is 14.8 Å². The first-order valence-electron chi connectivity index (χ1n) is 8.03. The minimum absolute atomic E-state index is 0.0660. The van der Waals surface area contributed by atoms with E-state index in [1.165, 1.54) is 12.1 Å². The van der Waals surface area contributed by atoms with Crippen molar-refractivity contribution in [3.63, 3.8) is 0 Å². The van der Waals surface area contributed by atoms with Gasteiger partial charge in [0.1, 0.15) is 5.69 Å². The minimum atomic E-state index is -1.08. The molecule has 3 rings (SSSR count). The molecule has 0 atom stereocenters. The van der Waals surface area contributed by atoms with E-state index in [1.54, 1.807) is 19.1 Å². The molecule has 136 valence electrons. The number of ether oxygens (including phenoxy) is 2. The smallest absolute Gasteiger partial charge is 0.337 e. The molecule has 0 bridgehead atoms. The summed E-state index contributed by atoms with van der Waals surface area (Å²) in [6.07, 6.45) is 0.772. The molecule has 0 radical (unpaired) electrons. The molecule has 1 aromatic carbocycles. The van der Waals surface area contributed by atoms with E-state index in [4.69, 9.17) is 26.2 Å². The van der Waals surface area contributed by atoms with Crippen molar-refractivity contribution in [3.8, 4) is 11.5 Å². The number of carbonyl (C=O) groups excluding carboxylic acids is 1. The van der Waals surface area contributed by atoms with Crippen LogP contribution in [0.15, 0.2) is 24.3 Å². The third-order valence-corrected chi connectivity index (χ3v) is 4.14. The van der Waals surface area contributed by atoms with Gasteiger partial charge in [-0.15, -0.1) is 0 Å². The minimum Gasteiger partial charge on any atom is -0.489 e. The lowest BCUT2D eigenvalue weighted by atomic mass is 10.1. The number of hydrogen-bond donors (Lipinski definition) is 2. The molecule has 26 heavy (non-hydrogen) atoms. The number of benzene rings is 1. The van der Waals surface area contributed by atoms with Crippen molar-refractivity contribution in [3.05, 3.63) is 51.8 Å². The van der Waals surface area contributed by atoms with Crippen molar-refractivity contribution < 1.29 is 24.2 Å². The van der Waals surface area contributed by atoms with Gasteiger partial charge in [0, 0.05) is 13.0 Å². The van der Waals surface area contributed by atoms with Crippen molar-refractivity contribution >= 4 is 23.5 Å². The van der Waals surface area contributed by atoms with E-state index < -0.39 is 11.9 Å². The van der Waals surface area contributed by atoms with Crippen LogP contribution in [0.2, 0.25) is 5.02 Å². The fraction of sp³-hybridized carbons (Fsp3) is 0.278. The van der Waals surface area contributed by atoms with E-state index in [1.807, 2.05) is 0 Å². The summed E-state index contributed by atoms with van der Waals surface area (Å²) in [6, 6.07) is 6.23. The average Bonchev–Trinajstić information content (AvgIpc) is 2.85. The van der Waals surface area contributed by atoms with E-state index >= 15 is 0 Å². The van der Waals surface area contributed by atoms with Crippen LogP contribution in [0, 0.1) is 6.92 Å². The Hall–Kier alpha value is -2.80. The Labute approximate surface area is 154 Å². The molecular weight excluding hydrogens is 360 g/mol. The zero-order valence-corrected chi connectivity index (χ0v) is 14.8. The first-order valence-corrected chi connectivity index (χ1v) is 8.40. The van der Waals surface area contributed by atoms with Crippen LogP contribution in [0.25, 0.3) is 0 Å². The number of halogens is 1. The third-order valence-electron chi connectivity index (χ3n) is 3.86. The molecule has 2 aromatic rings. The number of carboxylic acids is 1. The number of aromatic nitrogens is 1. The molecule has 0 spiro atoms. The molecule has 0 fully saturated rings. The average molecular weight is 377 g/mol.